The molecule has 0 amide bonds. The lowest BCUT2D eigenvalue weighted by Gasteiger charge is -2.17. The normalized spacial score (nSPS) is 11.3. The fraction of sp³-hybridized carbons (Fsp3) is 0.800. The maximum atomic E-state index is 3.78. The Bertz CT molecular complexity index is 119. The maximum Gasteiger partial charge on any atom is 0.0143 e. The first-order chi connectivity index (χ1) is 4.92. The molecule has 0 bridgehead atoms. The fourth-order valence-electron chi connectivity index (χ4n) is 0.920. The lowest BCUT2D eigenvalue weighted by atomic mass is 9.91. The van der Waals surface area contributed by atoms with E-state index in [1.165, 1.54) is 12.8 Å². The van der Waals surface area contributed by atoms with Crippen LogP contribution in [0.1, 0.15) is 40.5 Å². The lowest BCUT2D eigenvalue weighted by Crippen LogP contribution is -2.14. The molecule has 0 aliphatic rings. The molecule has 0 aromatic heterocycles. The zero-order valence-corrected chi connectivity index (χ0v) is 8.33. The van der Waals surface area contributed by atoms with Crippen LogP contribution in [-0.2, 0) is 0 Å². The second-order valence-corrected chi connectivity index (χ2v) is 4.37. The highest BCUT2D eigenvalue weighted by Crippen LogP contribution is 2.19. The minimum Gasteiger partial charge on any atom is -0.389 e. The molecule has 1 heteroatoms. The van der Waals surface area contributed by atoms with Crippen LogP contribution in [0.3, 0.4) is 0 Å². The van der Waals surface area contributed by atoms with E-state index in [1.807, 2.05) is 6.92 Å². The van der Waals surface area contributed by atoms with E-state index in [4.69, 9.17) is 0 Å². The van der Waals surface area contributed by atoms with E-state index >= 15 is 0 Å². The molecule has 0 atom stereocenters. The molecular weight excluding hydrogens is 134 g/mol. The van der Waals surface area contributed by atoms with Crippen LogP contribution >= 0.6 is 0 Å². The van der Waals surface area contributed by atoms with Gasteiger partial charge in [0.2, 0.25) is 0 Å². The van der Waals surface area contributed by atoms with Gasteiger partial charge in [0.05, 0.1) is 0 Å². The van der Waals surface area contributed by atoms with Crippen LogP contribution in [0, 0.1) is 5.41 Å². The summed E-state index contributed by atoms with van der Waals surface area (Å²) in [6, 6.07) is 0. The first kappa shape index (κ1) is 10.5. The predicted molar refractivity (Wildman–Crippen MR) is 51.5 cm³/mol. The summed E-state index contributed by atoms with van der Waals surface area (Å²) in [5.41, 5.74) is 1.54. The van der Waals surface area contributed by atoms with Crippen LogP contribution in [-0.4, -0.2) is 6.54 Å². The Labute approximate surface area is 70.9 Å². The molecule has 0 aromatic carbocycles. The van der Waals surface area contributed by atoms with Crippen molar-refractivity contribution >= 4 is 0 Å². The van der Waals surface area contributed by atoms with Crippen LogP contribution in [0.25, 0.3) is 0 Å². The molecular formula is C10H21N. The Morgan fingerprint density at radius 1 is 1.36 bits per heavy atom. The van der Waals surface area contributed by atoms with Crippen molar-refractivity contribution in [3.8, 4) is 0 Å². The molecule has 0 fully saturated rings. The predicted octanol–water partition coefficient (Wildman–Crippen LogP) is 2.94. The monoisotopic (exact) mass is 155 g/mol. The molecule has 0 heterocycles. The van der Waals surface area contributed by atoms with Crippen LogP contribution in [0.15, 0.2) is 12.3 Å². The molecule has 1 N–H and O–H groups in total. The third-order valence-electron chi connectivity index (χ3n) is 1.53. The molecule has 0 unspecified atom stereocenters. The summed E-state index contributed by atoms with van der Waals surface area (Å²) in [7, 11) is 0. The molecule has 0 radical (unpaired) electrons. The highest BCUT2D eigenvalue weighted by molar-refractivity contribution is 4.83. The highest BCUT2D eigenvalue weighted by atomic mass is 14.9. The average Bonchev–Trinajstić information content (AvgIpc) is 1.78. The van der Waals surface area contributed by atoms with Crippen molar-refractivity contribution in [2.45, 2.75) is 40.5 Å². The van der Waals surface area contributed by atoms with Crippen molar-refractivity contribution in [2.24, 2.45) is 5.41 Å². The van der Waals surface area contributed by atoms with E-state index < -0.39 is 0 Å². The smallest absolute Gasteiger partial charge is 0.0143 e. The van der Waals surface area contributed by atoms with Gasteiger partial charge in [0, 0.05) is 12.2 Å². The first-order valence-corrected chi connectivity index (χ1v) is 4.31. The summed E-state index contributed by atoms with van der Waals surface area (Å²) >= 11 is 0. The Morgan fingerprint density at radius 2 is 1.91 bits per heavy atom. The summed E-state index contributed by atoms with van der Waals surface area (Å²) in [4.78, 5) is 0. The van der Waals surface area contributed by atoms with E-state index in [2.05, 4.69) is 32.7 Å². The molecule has 0 saturated heterocycles. The molecule has 0 aliphatic carbocycles. The largest absolute Gasteiger partial charge is 0.389 e. The molecule has 66 valence electrons. The zero-order valence-electron chi connectivity index (χ0n) is 8.33. The standard InChI is InChI=1S/C10H21N/c1-9(2)11-8-6-7-10(3,4)5/h11H,1,6-8H2,2-5H3. The third-order valence-corrected chi connectivity index (χ3v) is 1.53. The van der Waals surface area contributed by atoms with Gasteiger partial charge in [-0.1, -0.05) is 27.4 Å². The van der Waals surface area contributed by atoms with Gasteiger partial charge >= 0.3 is 0 Å². The zero-order chi connectivity index (χ0) is 8.91. The van der Waals surface area contributed by atoms with E-state index in [-0.39, 0.29) is 0 Å². The van der Waals surface area contributed by atoms with Crippen molar-refractivity contribution in [1.29, 1.82) is 0 Å². The SMILES string of the molecule is C=C(C)NCCCC(C)(C)C. The number of allylic oxidation sites excluding steroid dienone is 1. The van der Waals surface area contributed by atoms with Gasteiger partial charge < -0.3 is 5.32 Å². The van der Waals surface area contributed by atoms with Gasteiger partial charge in [0.1, 0.15) is 0 Å². The van der Waals surface area contributed by atoms with Gasteiger partial charge in [-0.05, 0) is 25.2 Å². The molecule has 0 aliphatic heterocycles. The minimum absolute atomic E-state index is 0.469. The molecule has 0 aromatic rings. The van der Waals surface area contributed by atoms with Gasteiger partial charge in [-0.3, -0.25) is 0 Å². The number of hydrogen-bond donors (Lipinski definition) is 1. The molecule has 0 rings (SSSR count). The van der Waals surface area contributed by atoms with Crippen molar-refractivity contribution in [2.75, 3.05) is 6.54 Å². The van der Waals surface area contributed by atoms with Crippen LogP contribution in [0.2, 0.25) is 0 Å². The molecule has 11 heavy (non-hydrogen) atoms. The number of rotatable bonds is 4. The molecule has 0 saturated carbocycles. The van der Waals surface area contributed by atoms with E-state index in [0.29, 0.717) is 5.41 Å². The van der Waals surface area contributed by atoms with E-state index in [0.717, 1.165) is 12.2 Å². The van der Waals surface area contributed by atoms with Crippen molar-refractivity contribution in [3.63, 3.8) is 0 Å². The second kappa shape index (κ2) is 4.42. The highest BCUT2D eigenvalue weighted by Gasteiger charge is 2.08. The Morgan fingerprint density at radius 3 is 2.27 bits per heavy atom. The van der Waals surface area contributed by atoms with Crippen molar-refractivity contribution in [1.82, 2.24) is 5.32 Å². The van der Waals surface area contributed by atoms with E-state index in [1.54, 1.807) is 0 Å². The van der Waals surface area contributed by atoms with E-state index in [9.17, 15) is 0 Å². The Kier molecular flexibility index (Phi) is 4.24. The van der Waals surface area contributed by atoms with Crippen LogP contribution in [0.5, 0.6) is 0 Å². The Hall–Kier alpha value is -0.460. The van der Waals surface area contributed by atoms with Crippen LogP contribution < -0.4 is 5.32 Å². The van der Waals surface area contributed by atoms with Gasteiger partial charge in [-0.15, -0.1) is 0 Å². The topological polar surface area (TPSA) is 12.0 Å². The Balaban J connectivity index is 3.22. The molecule has 1 nitrogen and oxygen atoms in total. The minimum atomic E-state index is 0.469. The van der Waals surface area contributed by atoms with Gasteiger partial charge in [0.25, 0.3) is 0 Å². The maximum absolute atomic E-state index is 3.78. The van der Waals surface area contributed by atoms with Gasteiger partial charge in [-0.2, -0.15) is 0 Å². The van der Waals surface area contributed by atoms with Gasteiger partial charge in [-0.25, -0.2) is 0 Å². The van der Waals surface area contributed by atoms with Crippen molar-refractivity contribution in [3.05, 3.63) is 12.3 Å². The second-order valence-electron chi connectivity index (χ2n) is 4.37. The van der Waals surface area contributed by atoms with Crippen molar-refractivity contribution < 1.29 is 0 Å². The van der Waals surface area contributed by atoms with Gasteiger partial charge in [0.15, 0.2) is 0 Å². The number of nitrogens with one attached hydrogen (secondary N) is 1. The lowest BCUT2D eigenvalue weighted by molar-refractivity contribution is 0.364. The summed E-state index contributed by atoms with van der Waals surface area (Å²) < 4.78 is 0. The quantitative estimate of drug-likeness (QED) is 0.615. The summed E-state index contributed by atoms with van der Waals surface area (Å²) in [6.45, 7) is 13.7. The summed E-state index contributed by atoms with van der Waals surface area (Å²) in [5.74, 6) is 0. The first-order valence-electron chi connectivity index (χ1n) is 4.31. The molecule has 0 spiro atoms. The summed E-state index contributed by atoms with van der Waals surface area (Å²) in [6.07, 6.45) is 2.50. The average molecular weight is 155 g/mol. The number of hydrogen-bond acceptors (Lipinski definition) is 1. The fourth-order valence-corrected chi connectivity index (χ4v) is 0.920. The third kappa shape index (κ3) is 9.54. The summed E-state index contributed by atoms with van der Waals surface area (Å²) in [5, 5.41) is 3.22. The van der Waals surface area contributed by atoms with Crippen LogP contribution in [0.4, 0.5) is 0 Å².